The third-order valence-electron chi connectivity index (χ3n) is 0.889. The van der Waals surface area contributed by atoms with Crippen LogP contribution in [0, 0.1) is 6.07 Å². The van der Waals surface area contributed by atoms with Gasteiger partial charge in [-0.05, 0) is 30.0 Å². The molecule has 0 atom stereocenters. The third kappa shape index (κ3) is 0.984. The highest BCUT2D eigenvalue weighted by Gasteiger charge is 1.89. The number of thiophene rings is 1. The lowest BCUT2D eigenvalue weighted by Crippen LogP contribution is -1.62. The Bertz CT molecular complexity index is 172. The van der Waals surface area contributed by atoms with E-state index >= 15 is 0 Å². The fourth-order valence-electron chi connectivity index (χ4n) is 0.465. The minimum absolute atomic E-state index is 1.12. The molecule has 0 saturated carbocycles. The summed E-state index contributed by atoms with van der Waals surface area (Å²) in [5.41, 5.74) is 1.12. The average molecular weight is 123 g/mol. The Morgan fingerprint density at radius 2 is 2.62 bits per heavy atom. The van der Waals surface area contributed by atoms with Crippen molar-refractivity contribution in [1.29, 1.82) is 0 Å². The highest BCUT2D eigenvalue weighted by Crippen LogP contribution is 2.15. The van der Waals surface area contributed by atoms with Crippen LogP contribution in [0.15, 0.2) is 18.0 Å². The van der Waals surface area contributed by atoms with Crippen molar-refractivity contribution in [3.05, 3.63) is 29.0 Å². The zero-order valence-corrected chi connectivity index (χ0v) is 5.59. The van der Waals surface area contributed by atoms with Crippen molar-refractivity contribution in [3.63, 3.8) is 0 Å². The molecule has 41 valence electrons. The molecule has 0 spiro atoms. The van der Waals surface area contributed by atoms with E-state index in [-0.39, 0.29) is 0 Å². The molecule has 1 radical (unpaired) electrons. The first-order valence-corrected chi connectivity index (χ1v) is 3.29. The predicted octanol–water partition coefficient (Wildman–Crippen LogP) is 2.58. The molecule has 0 aliphatic heterocycles. The topological polar surface area (TPSA) is 0 Å². The molecule has 0 N–H and O–H groups in total. The summed E-state index contributed by atoms with van der Waals surface area (Å²) in [7, 11) is 0. The Hall–Kier alpha value is -0.560. The molecule has 0 bridgehead atoms. The van der Waals surface area contributed by atoms with Gasteiger partial charge in [-0.1, -0.05) is 6.58 Å². The number of hydrogen-bond acceptors (Lipinski definition) is 1. The van der Waals surface area contributed by atoms with Gasteiger partial charge in [0.2, 0.25) is 0 Å². The van der Waals surface area contributed by atoms with Crippen LogP contribution < -0.4 is 0 Å². The van der Waals surface area contributed by atoms with Crippen LogP contribution in [0.1, 0.15) is 11.8 Å². The minimum Gasteiger partial charge on any atom is -0.144 e. The van der Waals surface area contributed by atoms with Crippen molar-refractivity contribution in [3.8, 4) is 0 Å². The van der Waals surface area contributed by atoms with E-state index in [0.29, 0.717) is 0 Å². The molecule has 0 aliphatic rings. The fraction of sp³-hybridized carbons (Fsp3) is 0.143. The summed E-state index contributed by atoms with van der Waals surface area (Å²) in [5, 5.41) is 1.93. The summed E-state index contributed by atoms with van der Waals surface area (Å²) in [6.45, 7) is 5.79. The summed E-state index contributed by atoms with van der Waals surface area (Å²) >= 11 is 1.68. The second-order valence-electron chi connectivity index (χ2n) is 1.69. The Kier molecular flexibility index (Phi) is 1.49. The second-order valence-corrected chi connectivity index (χ2v) is 2.60. The fourth-order valence-corrected chi connectivity index (χ4v) is 1.07. The molecule has 1 heteroatoms. The first-order chi connectivity index (χ1) is 3.80. The van der Waals surface area contributed by atoms with Gasteiger partial charge in [-0.15, -0.1) is 11.3 Å². The Labute approximate surface area is 53.5 Å². The molecule has 1 rings (SSSR count). The van der Waals surface area contributed by atoms with Crippen LogP contribution in [0.2, 0.25) is 0 Å². The van der Waals surface area contributed by atoms with Gasteiger partial charge >= 0.3 is 0 Å². The maximum Gasteiger partial charge on any atom is 0.0299 e. The zero-order chi connectivity index (χ0) is 5.98. The van der Waals surface area contributed by atoms with Crippen LogP contribution in [0.5, 0.6) is 0 Å². The van der Waals surface area contributed by atoms with E-state index in [1.165, 1.54) is 4.88 Å². The standard InChI is InChI=1S/C7H7S/c1-6(2)7-4-3-5-8-7/h4-5H,1H2,2H3. The molecule has 1 aromatic rings. The molecular formula is C7H7S. The maximum atomic E-state index is 3.79. The zero-order valence-electron chi connectivity index (χ0n) is 4.77. The third-order valence-corrected chi connectivity index (χ3v) is 1.86. The van der Waals surface area contributed by atoms with E-state index in [0.717, 1.165) is 5.57 Å². The van der Waals surface area contributed by atoms with Gasteiger partial charge in [0.15, 0.2) is 0 Å². The maximum absolute atomic E-state index is 3.79. The number of rotatable bonds is 1. The minimum atomic E-state index is 1.12. The molecule has 8 heavy (non-hydrogen) atoms. The van der Waals surface area contributed by atoms with Gasteiger partial charge < -0.3 is 0 Å². The van der Waals surface area contributed by atoms with Crippen molar-refractivity contribution in [2.75, 3.05) is 0 Å². The Morgan fingerprint density at radius 1 is 1.88 bits per heavy atom. The molecule has 0 nitrogen and oxygen atoms in total. The van der Waals surface area contributed by atoms with E-state index in [1.54, 1.807) is 11.3 Å². The van der Waals surface area contributed by atoms with Gasteiger partial charge in [-0.25, -0.2) is 0 Å². The van der Waals surface area contributed by atoms with E-state index in [1.807, 2.05) is 18.4 Å². The smallest absolute Gasteiger partial charge is 0.0299 e. The lowest BCUT2D eigenvalue weighted by Gasteiger charge is -1.86. The van der Waals surface area contributed by atoms with Crippen LogP contribution in [-0.2, 0) is 0 Å². The summed E-state index contributed by atoms with van der Waals surface area (Å²) in [6, 6.07) is 4.92. The Balaban J connectivity index is 2.93. The molecule has 1 heterocycles. The van der Waals surface area contributed by atoms with Crippen LogP contribution in [0.3, 0.4) is 0 Å². The Morgan fingerprint density at radius 3 is 2.88 bits per heavy atom. The summed E-state index contributed by atoms with van der Waals surface area (Å²) in [6.07, 6.45) is 0. The quantitative estimate of drug-likeness (QED) is 0.538. The van der Waals surface area contributed by atoms with Gasteiger partial charge in [-0.2, -0.15) is 0 Å². The summed E-state index contributed by atoms with van der Waals surface area (Å²) in [4.78, 5) is 1.23. The van der Waals surface area contributed by atoms with E-state index in [2.05, 4.69) is 12.6 Å². The normalized spacial score (nSPS) is 9.12. The summed E-state index contributed by atoms with van der Waals surface area (Å²) in [5.74, 6) is 0. The first-order valence-electron chi connectivity index (χ1n) is 2.41. The molecule has 0 saturated heterocycles. The van der Waals surface area contributed by atoms with Crippen molar-refractivity contribution >= 4 is 16.9 Å². The highest BCUT2D eigenvalue weighted by atomic mass is 32.1. The highest BCUT2D eigenvalue weighted by molar-refractivity contribution is 7.11. The molecule has 0 amide bonds. The van der Waals surface area contributed by atoms with Crippen LogP contribution >= 0.6 is 11.3 Å². The van der Waals surface area contributed by atoms with Crippen molar-refractivity contribution in [2.24, 2.45) is 0 Å². The SMILES string of the molecule is C=C(C)c1c[c]cs1. The molecule has 0 unspecified atom stereocenters. The second kappa shape index (κ2) is 2.14. The van der Waals surface area contributed by atoms with Crippen LogP contribution in [0.4, 0.5) is 0 Å². The van der Waals surface area contributed by atoms with Gasteiger partial charge in [0.1, 0.15) is 0 Å². The predicted molar refractivity (Wildman–Crippen MR) is 37.9 cm³/mol. The van der Waals surface area contributed by atoms with Crippen molar-refractivity contribution in [1.82, 2.24) is 0 Å². The number of allylic oxidation sites excluding steroid dienone is 1. The number of hydrogen-bond donors (Lipinski definition) is 0. The average Bonchev–Trinajstić information content (AvgIpc) is 2.12. The largest absolute Gasteiger partial charge is 0.144 e. The molecule has 1 aromatic heterocycles. The van der Waals surface area contributed by atoms with Gasteiger partial charge in [0.25, 0.3) is 0 Å². The van der Waals surface area contributed by atoms with Crippen molar-refractivity contribution in [2.45, 2.75) is 6.92 Å². The lowest BCUT2D eigenvalue weighted by atomic mass is 10.3. The van der Waals surface area contributed by atoms with Gasteiger partial charge in [-0.3, -0.25) is 0 Å². The van der Waals surface area contributed by atoms with E-state index in [4.69, 9.17) is 0 Å². The van der Waals surface area contributed by atoms with E-state index < -0.39 is 0 Å². The molecule has 0 aromatic carbocycles. The van der Waals surface area contributed by atoms with Crippen LogP contribution in [-0.4, -0.2) is 0 Å². The van der Waals surface area contributed by atoms with Crippen molar-refractivity contribution < 1.29 is 0 Å². The lowest BCUT2D eigenvalue weighted by molar-refractivity contribution is 1.74. The molecule has 0 aliphatic carbocycles. The monoisotopic (exact) mass is 123 g/mol. The van der Waals surface area contributed by atoms with Gasteiger partial charge in [0.05, 0.1) is 0 Å². The molecular weight excluding hydrogens is 116 g/mol. The van der Waals surface area contributed by atoms with Crippen LogP contribution in [0.25, 0.3) is 5.57 Å². The first kappa shape index (κ1) is 5.57. The summed E-state index contributed by atoms with van der Waals surface area (Å²) < 4.78 is 0. The molecule has 0 fully saturated rings. The van der Waals surface area contributed by atoms with E-state index in [9.17, 15) is 0 Å². The van der Waals surface area contributed by atoms with Gasteiger partial charge in [0, 0.05) is 4.88 Å².